The van der Waals surface area contributed by atoms with Gasteiger partial charge in [-0.15, -0.1) is 0 Å². The highest BCUT2D eigenvalue weighted by Gasteiger charge is 2.38. The van der Waals surface area contributed by atoms with Gasteiger partial charge in [-0.3, -0.25) is 9.59 Å². The molecular formula is C13H17N5O3. The lowest BCUT2D eigenvalue weighted by molar-refractivity contribution is -0.153. The van der Waals surface area contributed by atoms with Crippen LogP contribution in [0.25, 0.3) is 11.2 Å². The number of nitrogens with one attached hydrogen (secondary N) is 2. The number of aromatic nitrogens is 4. The average molecular weight is 291 g/mol. The molecule has 0 aliphatic heterocycles. The van der Waals surface area contributed by atoms with Crippen LogP contribution < -0.4 is 5.32 Å². The van der Waals surface area contributed by atoms with Crippen LogP contribution in [0.15, 0.2) is 12.7 Å². The quantitative estimate of drug-likeness (QED) is 0.766. The van der Waals surface area contributed by atoms with Crippen molar-refractivity contribution in [3.05, 3.63) is 12.7 Å². The molecule has 0 spiro atoms. The normalized spacial score (nSPS) is 14.1. The Labute approximate surface area is 121 Å². The monoisotopic (exact) mass is 291 g/mol. The molecule has 8 heteroatoms. The first-order chi connectivity index (χ1) is 9.84. The zero-order valence-electron chi connectivity index (χ0n) is 12.0. The molecule has 2 aromatic heterocycles. The highest BCUT2D eigenvalue weighted by Crippen LogP contribution is 2.31. The van der Waals surface area contributed by atoms with Crippen LogP contribution in [0.4, 0.5) is 5.82 Å². The number of anilines is 1. The summed E-state index contributed by atoms with van der Waals surface area (Å²) in [6.45, 7) is 5.11. The summed E-state index contributed by atoms with van der Waals surface area (Å²) in [5, 5.41) is 11.9. The van der Waals surface area contributed by atoms with E-state index < -0.39 is 17.3 Å². The van der Waals surface area contributed by atoms with E-state index in [4.69, 9.17) is 0 Å². The Morgan fingerprint density at radius 1 is 1.38 bits per heavy atom. The summed E-state index contributed by atoms with van der Waals surface area (Å²) in [6.07, 6.45) is 2.60. The standard InChI is InChI=1S/C13H17N5O3/c1-7(2)13(3,12(20)21)4-8(19)18-11-9-10(15-5-14-9)16-6-17-11/h5-7H,4H2,1-3H3,(H,20,21)(H2,14,15,16,17,18,19). The summed E-state index contributed by atoms with van der Waals surface area (Å²) in [5.74, 6) is -1.30. The van der Waals surface area contributed by atoms with Crippen molar-refractivity contribution >= 4 is 28.9 Å². The maximum Gasteiger partial charge on any atom is 0.310 e. The number of carbonyl (C=O) groups excluding carboxylic acids is 1. The zero-order valence-corrected chi connectivity index (χ0v) is 12.0. The molecule has 21 heavy (non-hydrogen) atoms. The van der Waals surface area contributed by atoms with Crippen LogP contribution in [-0.2, 0) is 9.59 Å². The third-order valence-electron chi connectivity index (χ3n) is 3.77. The number of carboxylic acids is 1. The maximum absolute atomic E-state index is 12.1. The molecule has 0 aliphatic carbocycles. The molecule has 3 N–H and O–H groups in total. The molecule has 1 amide bonds. The van der Waals surface area contributed by atoms with Crippen molar-refractivity contribution in [2.24, 2.45) is 11.3 Å². The predicted molar refractivity (Wildman–Crippen MR) is 75.5 cm³/mol. The molecule has 0 fully saturated rings. The first-order valence-electron chi connectivity index (χ1n) is 6.52. The molecule has 0 aromatic carbocycles. The van der Waals surface area contributed by atoms with Gasteiger partial charge in [-0.2, -0.15) is 0 Å². The molecule has 1 atom stereocenters. The molecule has 8 nitrogen and oxygen atoms in total. The van der Waals surface area contributed by atoms with E-state index >= 15 is 0 Å². The van der Waals surface area contributed by atoms with Gasteiger partial charge in [0, 0.05) is 6.42 Å². The Balaban J connectivity index is 2.18. The van der Waals surface area contributed by atoms with Crippen LogP contribution >= 0.6 is 0 Å². The molecule has 0 saturated carbocycles. The van der Waals surface area contributed by atoms with Crippen molar-refractivity contribution in [1.82, 2.24) is 19.9 Å². The molecule has 112 valence electrons. The number of nitrogens with zero attached hydrogens (tertiary/aromatic N) is 3. The van der Waals surface area contributed by atoms with Gasteiger partial charge in [0.1, 0.15) is 11.8 Å². The molecule has 0 radical (unpaired) electrons. The van der Waals surface area contributed by atoms with Crippen LogP contribution in [0, 0.1) is 11.3 Å². The largest absolute Gasteiger partial charge is 0.481 e. The van der Waals surface area contributed by atoms with Crippen LogP contribution in [-0.4, -0.2) is 36.9 Å². The lowest BCUT2D eigenvalue weighted by atomic mass is 9.76. The first-order valence-corrected chi connectivity index (χ1v) is 6.52. The number of H-pyrrole nitrogens is 1. The number of hydrogen-bond acceptors (Lipinski definition) is 5. The highest BCUT2D eigenvalue weighted by molar-refractivity contribution is 5.98. The first kappa shape index (κ1) is 14.9. The summed E-state index contributed by atoms with van der Waals surface area (Å²) < 4.78 is 0. The van der Waals surface area contributed by atoms with E-state index in [0.717, 1.165) is 0 Å². The van der Waals surface area contributed by atoms with Gasteiger partial charge in [-0.25, -0.2) is 15.0 Å². The van der Waals surface area contributed by atoms with Gasteiger partial charge in [0.05, 0.1) is 11.7 Å². The van der Waals surface area contributed by atoms with Crippen LogP contribution in [0.5, 0.6) is 0 Å². The topological polar surface area (TPSA) is 121 Å². The number of rotatable bonds is 5. The van der Waals surface area contributed by atoms with E-state index in [1.807, 2.05) is 0 Å². The van der Waals surface area contributed by atoms with Gasteiger partial charge >= 0.3 is 5.97 Å². The maximum atomic E-state index is 12.1. The van der Waals surface area contributed by atoms with Crippen molar-refractivity contribution in [3.63, 3.8) is 0 Å². The Hall–Kier alpha value is -2.51. The van der Waals surface area contributed by atoms with Crippen molar-refractivity contribution in [2.45, 2.75) is 27.2 Å². The Morgan fingerprint density at radius 2 is 2.10 bits per heavy atom. The van der Waals surface area contributed by atoms with Crippen molar-refractivity contribution in [2.75, 3.05) is 5.32 Å². The Bertz CT molecular complexity index is 681. The van der Waals surface area contributed by atoms with Gasteiger partial charge in [0.15, 0.2) is 11.5 Å². The fourth-order valence-corrected chi connectivity index (χ4v) is 1.90. The lowest BCUT2D eigenvalue weighted by Crippen LogP contribution is -2.37. The third-order valence-corrected chi connectivity index (χ3v) is 3.77. The van der Waals surface area contributed by atoms with Gasteiger partial charge in [0.25, 0.3) is 0 Å². The fraction of sp³-hybridized carbons (Fsp3) is 0.462. The minimum Gasteiger partial charge on any atom is -0.481 e. The molecule has 2 heterocycles. The second kappa shape index (κ2) is 5.47. The Morgan fingerprint density at radius 3 is 2.71 bits per heavy atom. The molecule has 1 unspecified atom stereocenters. The van der Waals surface area contributed by atoms with Gasteiger partial charge in [0.2, 0.25) is 5.91 Å². The predicted octanol–water partition coefficient (Wildman–Crippen LogP) is 1.43. The third kappa shape index (κ3) is 2.83. The van der Waals surface area contributed by atoms with Crippen molar-refractivity contribution < 1.29 is 14.7 Å². The van der Waals surface area contributed by atoms with Crippen molar-refractivity contribution in [1.29, 1.82) is 0 Å². The van der Waals surface area contributed by atoms with Gasteiger partial charge in [-0.1, -0.05) is 13.8 Å². The second-order valence-corrected chi connectivity index (χ2v) is 5.43. The number of fused-ring (bicyclic) bond motifs is 1. The summed E-state index contributed by atoms with van der Waals surface area (Å²) >= 11 is 0. The molecular weight excluding hydrogens is 274 g/mol. The summed E-state index contributed by atoms with van der Waals surface area (Å²) in [4.78, 5) is 38.3. The summed E-state index contributed by atoms with van der Waals surface area (Å²) in [7, 11) is 0. The van der Waals surface area contributed by atoms with E-state index in [0.29, 0.717) is 17.0 Å². The van der Waals surface area contributed by atoms with Gasteiger partial charge < -0.3 is 15.4 Å². The number of aromatic amines is 1. The molecule has 2 aromatic rings. The van der Waals surface area contributed by atoms with E-state index in [2.05, 4.69) is 25.3 Å². The minimum absolute atomic E-state index is 0.139. The summed E-state index contributed by atoms with van der Waals surface area (Å²) in [6, 6.07) is 0. The van der Waals surface area contributed by atoms with Gasteiger partial charge in [-0.05, 0) is 12.8 Å². The summed E-state index contributed by atoms with van der Waals surface area (Å²) in [5.41, 5.74) is -0.193. The lowest BCUT2D eigenvalue weighted by Gasteiger charge is -2.28. The molecule has 2 rings (SSSR count). The molecule has 0 aliphatic rings. The van der Waals surface area contributed by atoms with Crippen molar-refractivity contribution in [3.8, 4) is 0 Å². The van der Waals surface area contributed by atoms with E-state index in [1.165, 1.54) is 12.7 Å². The SMILES string of the molecule is CC(C)C(C)(CC(=O)Nc1ncnc2nc[nH]c12)C(=O)O. The molecule has 0 saturated heterocycles. The number of amides is 1. The van der Waals surface area contributed by atoms with Crippen LogP contribution in [0.2, 0.25) is 0 Å². The van der Waals surface area contributed by atoms with E-state index in [-0.39, 0.29) is 12.3 Å². The van der Waals surface area contributed by atoms with E-state index in [1.54, 1.807) is 20.8 Å². The van der Waals surface area contributed by atoms with E-state index in [9.17, 15) is 14.7 Å². The number of aliphatic carboxylic acids is 1. The number of carbonyl (C=O) groups is 2. The molecule has 0 bridgehead atoms. The smallest absolute Gasteiger partial charge is 0.310 e. The fourth-order valence-electron chi connectivity index (χ4n) is 1.90. The number of hydrogen-bond donors (Lipinski definition) is 3. The minimum atomic E-state index is -1.13. The zero-order chi connectivity index (χ0) is 15.6. The highest BCUT2D eigenvalue weighted by atomic mass is 16.4. The average Bonchev–Trinajstić information content (AvgIpc) is 2.87. The van der Waals surface area contributed by atoms with Crippen LogP contribution in [0.3, 0.4) is 0 Å². The Kier molecular flexibility index (Phi) is 3.88. The van der Waals surface area contributed by atoms with Crippen LogP contribution in [0.1, 0.15) is 27.2 Å². The number of carboxylic acid groups (broad SMARTS) is 1. The second-order valence-electron chi connectivity index (χ2n) is 5.43. The number of imidazole rings is 1.